The number of ether oxygens (including phenoxy) is 1. The highest BCUT2D eigenvalue weighted by atomic mass is 19.1. The molecule has 0 N–H and O–H groups in total. The Labute approximate surface area is 111 Å². The molecule has 0 saturated carbocycles. The zero-order valence-corrected chi connectivity index (χ0v) is 11.1. The predicted octanol–water partition coefficient (Wildman–Crippen LogP) is 3.05. The summed E-state index contributed by atoms with van der Waals surface area (Å²) in [6.07, 6.45) is 7.98. The monoisotopic (exact) mass is 264 g/mol. The third-order valence-electron chi connectivity index (χ3n) is 2.21. The van der Waals surface area contributed by atoms with E-state index in [9.17, 15) is 9.18 Å². The second-order valence-corrected chi connectivity index (χ2v) is 3.82. The molecule has 1 aromatic rings. The van der Waals surface area contributed by atoms with Gasteiger partial charge in [-0.2, -0.15) is 0 Å². The molecule has 4 nitrogen and oxygen atoms in total. The quantitative estimate of drug-likeness (QED) is 0.586. The van der Waals surface area contributed by atoms with Crippen molar-refractivity contribution in [1.82, 2.24) is 9.55 Å². The average Bonchev–Trinajstić information content (AvgIpc) is 2.77. The first-order valence-corrected chi connectivity index (χ1v) is 5.93. The van der Waals surface area contributed by atoms with Crippen LogP contribution in [0.25, 0.3) is 0 Å². The van der Waals surface area contributed by atoms with Gasteiger partial charge in [-0.25, -0.2) is 14.2 Å². The number of halogens is 1. The molecular weight excluding hydrogens is 247 g/mol. The zero-order chi connectivity index (χ0) is 14.3. The van der Waals surface area contributed by atoms with Crippen LogP contribution in [0.2, 0.25) is 0 Å². The molecule has 0 aliphatic carbocycles. The van der Waals surface area contributed by atoms with Crippen LogP contribution in [0.4, 0.5) is 4.39 Å². The van der Waals surface area contributed by atoms with E-state index >= 15 is 0 Å². The van der Waals surface area contributed by atoms with Crippen molar-refractivity contribution in [3.8, 4) is 0 Å². The normalized spacial score (nSPS) is 11.8. The Morgan fingerprint density at radius 1 is 1.63 bits per heavy atom. The van der Waals surface area contributed by atoms with Gasteiger partial charge in [0.25, 0.3) is 0 Å². The maximum atomic E-state index is 12.8. The van der Waals surface area contributed by atoms with Crippen LogP contribution in [0.3, 0.4) is 0 Å². The summed E-state index contributed by atoms with van der Waals surface area (Å²) in [6, 6.07) is 0. The first-order valence-electron chi connectivity index (χ1n) is 5.93. The van der Waals surface area contributed by atoms with E-state index in [1.165, 1.54) is 12.4 Å². The minimum absolute atomic E-state index is 0.237. The summed E-state index contributed by atoms with van der Waals surface area (Å²) in [7, 11) is 0. The molecule has 0 aliphatic heterocycles. The summed E-state index contributed by atoms with van der Waals surface area (Å²) in [5.41, 5.74) is 0.962. The van der Waals surface area contributed by atoms with Gasteiger partial charge in [-0.1, -0.05) is 18.7 Å². The number of carbonyl (C=O) groups is 1. The van der Waals surface area contributed by atoms with E-state index in [0.717, 1.165) is 5.57 Å². The molecule has 0 unspecified atom stereocenters. The highest BCUT2D eigenvalue weighted by Gasteiger charge is 2.10. The molecule has 0 saturated heterocycles. The highest BCUT2D eigenvalue weighted by molar-refractivity contribution is 5.86. The van der Waals surface area contributed by atoms with Crippen LogP contribution in [0.5, 0.6) is 0 Å². The fourth-order valence-electron chi connectivity index (χ4n) is 1.53. The Bertz CT molecular complexity index is 515. The molecule has 0 atom stereocenters. The number of nitrogens with zero attached hydrogens (tertiary/aromatic N) is 2. The van der Waals surface area contributed by atoms with Gasteiger partial charge in [0.1, 0.15) is 5.83 Å². The van der Waals surface area contributed by atoms with Crippen molar-refractivity contribution in [3.63, 3.8) is 0 Å². The lowest BCUT2D eigenvalue weighted by atomic mass is 10.2. The number of esters is 1. The molecule has 102 valence electrons. The fraction of sp³-hybridized carbons (Fsp3) is 0.286. The third-order valence-corrected chi connectivity index (χ3v) is 2.21. The van der Waals surface area contributed by atoms with Crippen molar-refractivity contribution in [2.24, 2.45) is 0 Å². The Hall–Kier alpha value is -2.17. The van der Waals surface area contributed by atoms with Crippen LogP contribution in [0, 0.1) is 0 Å². The van der Waals surface area contributed by atoms with E-state index in [1.54, 1.807) is 29.8 Å². The maximum absolute atomic E-state index is 12.8. The number of hydrogen-bond donors (Lipinski definition) is 0. The SMILES string of the molecule is C=C(F)C=C(C=CC)Cn1cnc(C(=O)OCC)c1. The summed E-state index contributed by atoms with van der Waals surface area (Å²) in [5.74, 6) is -0.980. The van der Waals surface area contributed by atoms with Gasteiger partial charge >= 0.3 is 5.97 Å². The molecule has 1 aromatic heterocycles. The predicted molar refractivity (Wildman–Crippen MR) is 71.3 cm³/mol. The Kier molecular flexibility index (Phi) is 5.73. The van der Waals surface area contributed by atoms with Gasteiger partial charge in [0.15, 0.2) is 5.69 Å². The summed E-state index contributed by atoms with van der Waals surface area (Å²) in [6.45, 7) is 7.48. The Morgan fingerprint density at radius 3 is 2.95 bits per heavy atom. The van der Waals surface area contributed by atoms with Gasteiger partial charge in [0, 0.05) is 12.7 Å². The van der Waals surface area contributed by atoms with Crippen molar-refractivity contribution in [2.75, 3.05) is 6.61 Å². The first kappa shape index (κ1) is 14.9. The lowest BCUT2D eigenvalue weighted by Gasteiger charge is -2.03. The summed E-state index contributed by atoms with van der Waals surface area (Å²) >= 11 is 0. The zero-order valence-electron chi connectivity index (χ0n) is 11.1. The summed E-state index contributed by atoms with van der Waals surface area (Å²) < 4.78 is 19.3. The molecule has 19 heavy (non-hydrogen) atoms. The largest absolute Gasteiger partial charge is 0.461 e. The molecule has 0 spiro atoms. The van der Waals surface area contributed by atoms with Crippen LogP contribution < -0.4 is 0 Å². The number of hydrogen-bond acceptors (Lipinski definition) is 3. The van der Waals surface area contributed by atoms with E-state index in [4.69, 9.17) is 4.74 Å². The smallest absolute Gasteiger partial charge is 0.358 e. The highest BCUT2D eigenvalue weighted by Crippen LogP contribution is 2.08. The van der Waals surface area contributed by atoms with Gasteiger partial charge in [0.05, 0.1) is 12.9 Å². The van der Waals surface area contributed by atoms with Gasteiger partial charge < -0.3 is 9.30 Å². The number of carbonyl (C=O) groups excluding carboxylic acids is 1. The van der Waals surface area contributed by atoms with E-state index in [0.29, 0.717) is 13.2 Å². The van der Waals surface area contributed by atoms with E-state index in [2.05, 4.69) is 11.6 Å². The number of aromatic nitrogens is 2. The van der Waals surface area contributed by atoms with Gasteiger partial charge in [0.2, 0.25) is 0 Å². The van der Waals surface area contributed by atoms with Crippen LogP contribution >= 0.6 is 0 Å². The topological polar surface area (TPSA) is 44.1 Å². The van der Waals surface area contributed by atoms with Crippen LogP contribution in [-0.2, 0) is 11.3 Å². The van der Waals surface area contributed by atoms with E-state index in [1.807, 2.05) is 6.92 Å². The molecule has 5 heteroatoms. The maximum Gasteiger partial charge on any atom is 0.358 e. The molecule has 1 rings (SSSR count). The number of imidazole rings is 1. The second kappa shape index (κ2) is 7.31. The number of rotatable bonds is 6. The lowest BCUT2D eigenvalue weighted by Crippen LogP contribution is -2.05. The molecule has 0 amide bonds. The standard InChI is InChI=1S/C14H17FN2O2/c1-4-6-12(7-11(3)15)8-17-9-13(16-10-17)14(18)19-5-2/h4,6-7,9-10H,3,5,8H2,1-2H3. The van der Waals surface area contributed by atoms with Crippen LogP contribution in [-0.4, -0.2) is 22.1 Å². The molecule has 0 aliphatic rings. The molecule has 1 heterocycles. The lowest BCUT2D eigenvalue weighted by molar-refractivity contribution is 0.0520. The second-order valence-electron chi connectivity index (χ2n) is 3.82. The van der Waals surface area contributed by atoms with Gasteiger partial charge in [-0.05, 0) is 25.5 Å². The average molecular weight is 264 g/mol. The van der Waals surface area contributed by atoms with E-state index in [-0.39, 0.29) is 5.69 Å². The first-order chi connectivity index (χ1) is 9.06. The molecule has 0 aromatic carbocycles. The van der Waals surface area contributed by atoms with Crippen LogP contribution in [0.15, 0.2) is 48.7 Å². The van der Waals surface area contributed by atoms with Gasteiger partial charge in [-0.15, -0.1) is 0 Å². The minimum Gasteiger partial charge on any atom is -0.461 e. The van der Waals surface area contributed by atoms with Crippen molar-refractivity contribution in [1.29, 1.82) is 0 Å². The number of allylic oxidation sites excluding steroid dienone is 5. The Morgan fingerprint density at radius 2 is 2.37 bits per heavy atom. The van der Waals surface area contributed by atoms with Gasteiger partial charge in [-0.3, -0.25) is 0 Å². The van der Waals surface area contributed by atoms with Crippen LogP contribution in [0.1, 0.15) is 24.3 Å². The summed E-state index contributed by atoms with van der Waals surface area (Å²) in [5, 5.41) is 0. The Balaban J connectivity index is 2.81. The van der Waals surface area contributed by atoms with E-state index < -0.39 is 11.8 Å². The fourth-order valence-corrected chi connectivity index (χ4v) is 1.53. The minimum atomic E-state index is -0.515. The van der Waals surface area contributed by atoms with Crippen molar-refractivity contribution in [2.45, 2.75) is 20.4 Å². The van der Waals surface area contributed by atoms with Crippen molar-refractivity contribution < 1.29 is 13.9 Å². The van der Waals surface area contributed by atoms with Crippen molar-refractivity contribution >= 4 is 5.97 Å². The molecular formula is C14H17FN2O2. The molecule has 0 radical (unpaired) electrons. The molecule has 0 bridgehead atoms. The summed E-state index contributed by atoms with van der Waals surface area (Å²) in [4.78, 5) is 15.4. The molecule has 0 fully saturated rings. The van der Waals surface area contributed by atoms with Crippen molar-refractivity contribution in [3.05, 3.63) is 54.4 Å². The third kappa shape index (κ3) is 4.91.